The lowest BCUT2D eigenvalue weighted by Crippen LogP contribution is -2.31. The van der Waals surface area contributed by atoms with Gasteiger partial charge in [0.1, 0.15) is 5.65 Å². The number of aromatic amines is 1. The Morgan fingerprint density at radius 2 is 1.91 bits per heavy atom. The number of hydrogen-bond donors (Lipinski definition) is 2. The molecular formula is C25H21N5O3S. The highest BCUT2D eigenvalue weighted by atomic mass is 32.1. The molecule has 0 saturated carbocycles. The van der Waals surface area contributed by atoms with E-state index >= 15 is 0 Å². The van der Waals surface area contributed by atoms with Crippen LogP contribution in [-0.4, -0.2) is 25.4 Å². The summed E-state index contributed by atoms with van der Waals surface area (Å²) >= 11 is 1.67. The predicted octanol–water partition coefficient (Wildman–Crippen LogP) is 3.95. The molecule has 0 aliphatic heterocycles. The van der Waals surface area contributed by atoms with Crippen LogP contribution in [0.1, 0.15) is 34.3 Å². The molecule has 0 radical (unpaired) electrons. The van der Waals surface area contributed by atoms with Crippen LogP contribution in [0.25, 0.3) is 21.3 Å². The molecule has 3 aromatic heterocycles. The van der Waals surface area contributed by atoms with Crippen LogP contribution in [0.4, 0.5) is 5.69 Å². The Kier molecular flexibility index (Phi) is 5.77. The Hall–Kier alpha value is -4.11. The summed E-state index contributed by atoms with van der Waals surface area (Å²) < 4.78 is 2.57. The average molecular weight is 472 g/mol. The van der Waals surface area contributed by atoms with Crippen molar-refractivity contribution in [2.45, 2.75) is 26.3 Å². The van der Waals surface area contributed by atoms with Crippen molar-refractivity contribution in [2.24, 2.45) is 0 Å². The van der Waals surface area contributed by atoms with E-state index in [1.165, 1.54) is 16.8 Å². The highest BCUT2D eigenvalue weighted by Crippen LogP contribution is 2.24. The molecule has 3 heterocycles. The van der Waals surface area contributed by atoms with Crippen molar-refractivity contribution in [3.05, 3.63) is 97.8 Å². The van der Waals surface area contributed by atoms with Gasteiger partial charge in [-0.3, -0.25) is 19.1 Å². The topological polar surface area (TPSA) is 110 Å². The summed E-state index contributed by atoms with van der Waals surface area (Å²) in [4.78, 5) is 48.3. The van der Waals surface area contributed by atoms with Gasteiger partial charge in [-0.25, -0.2) is 14.8 Å². The molecule has 0 bridgehead atoms. The van der Waals surface area contributed by atoms with E-state index in [0.717, 1.165) is 20.8 Å². The largest absolute Gasteiger partial charge is 0.329 e. The maximum absolute atomic E-state index is 12.8. The number of amides is 1. The second kappa shape index (κ2) is 9.03. The minimum atomic E-state index is -0.561. The van der Waals surface area contributed by atoms with Gasteiger partial charge in [0.15, 0.2) is 0 Å². The fourth-order valence-corrected chi connectivity index (χ4v) is 4.80. The molecule has 170 valence electrons. The van der Waals surface area contributed by atoms with Crippen molar-refractivity contribution in [1.29, 1.82) is 0 Å². The van der Waals surface area contributed by atoms with Gasteiger partial charge in [-0.1, -0.05) is 31.2 Å². The zero-order chi connectivity index (χ0) is 23.7. The minimum absolute atomic E-state index is 0.201. The van der Waals surface area contributed by atoms with E-state index in [0.29, 0.717) is 25.1 Å². The number of para-hydroxylation sites is 1. The molecule has 9 heteroatoms. The van der Waals surface area contributed by atoms with Gasteiger partial charge in [0, 0.05) is 24.8 Å². The molecular weight excluding hydrogens is 450 g/mol. The van der Waals surface area contributed by atoms with Crippen LogP contribution in [0.3, 0.4) is 0 Å². The van der Waals surface area contributed by atoms with Gasteiger partial charge in [0.05, 0.1) is 26.2 Å². The first-order valence-corrected chi connectivity index (χ1v) is 11.7. The summed E-state index contributed by atoms with van der Waals surface area (Å²) in [5.74, 6) is -0.388. The highest BCUT2D eigenvalue weighted by Gasteiger charge is 2.13. The quantitative estimate of drug-likeness (QED) is 0.390. The summed E-state index contributed by atoms with van der Waals surface area (Å²) in [6, 6.07) is 17.1. The summed E-state index contributed by atoms with van der Waals surface area (Å²) in [7, 11) is 0. The Bertz CT molecular complexity index is 1600. The number of carbonyl (C=O) groups is 1. The number of aryl methyl sites for hydroxylation is 1. The number of thiazole rings is 1. The number of carbonyl (C=O) groups excluding carboxylic acids is 1. The van der Waals surface area contributed by atoms with E-state index in [9.17, 15) is 14.4 Å². The number of nitrogens with one attached hydrogen (secondary N) is 2. The number of nitrogens with zero attached hydrogens (tertiary/aromatic N) is 3. The Balaban J connectivity index is 1.33. The number of hydrogen-bond acceptors (Lipinski definition) is 6. The molecule has 5 aromatic rings. The number of fused-ring (bicyclic) bond motifs is 2. The Morgan fingerprint density at radius 1 is 1.12 bits per heavy atom. The van der Waals surface area contributed by atoms with Gasteiger partial charge in [-0.05, 0) is 42.3 Å². The van der Waals surface area contributed by atoms with Crippen molar-refractivity contribution < 1.29 is 4.79 Å². The van der Waals surface area contributed by atoms with Crippen molar-refractivity contribution in [3.63, 3.8) is 0 Å². The lowest BCUT2D eigenvalue weighted by molar-refractivity contribution is 0.102. The molecule has 0 aliphatic rings. The molecule has 2 N–H and O–H groups in total. The average Bonchev–Trinajstić information content (AvgIpc) is 3.25. The van der Waals surface area contributed by atoms with Crippen LogP contribution >= 0.6 is 11.3 Å². The first-order valence-electron chi connectivity index (χ1n) is 10.9. The molecule has 1 amide bonds. The first kappa shape index (κ1) is 21.7. The second-order valence-electron chi connectivity index (χ2n) is 7.91. The van der Waals surface area contributed by atoms with Gasteiger partial charge in [0.25, 0.3) is 11.5 Å². The summed E-state index contributed by atoms with van der Waals surface area (Å²) in [6.07, 6.45) is 2.80. The summed E-state index contributed by atoms with van der Waals surface area (Å²) in [5.41, 5.74) is 2.15. The summed E-state index contributed by atoms with van der Waals surface area (Å²) in [5, 5.41) is 4.07. The lowest BCUT2D eigenvalue weighted by atomic mass is 10.1. The number of H-pyrrole nitrogens is 1. The zero-order valence-electron chi connectivity index (χ0n) is 18.4. The van der Waals surface area contributed by atoms with E-state index in [-0.39, 0.29) is 22.5 Å². The van der Waals surface area contributed by atoms with E-state index < -0.39 is 11.2 Å². The Labute approximate surface area is 197 Å². The molecule has 2 aromatic carbocycles. The van der Waals surface area contributed by atoms with Crippen LogP contribution in [0.15, 0.2) is 70.4 Å². The highest BCUT2D eigenvalue weighted by molar-refractivity contribution is 7.18. The van der Waals surface area contributed by atoms with Crippen LogP contribution in [0.2, 0.25) is 0 Å². The van der Waals surface area contributed by atoms with E-state index in [1.54, 1.807) is 11.3 Å². The van der Waals surface area contributed by atoms with Crippen LogP contribution in [-0.2, 0) is 13.0 Å². The van der Waals surface area contributed by atoms with E-state index in [1.807, 2.05) is 49.4 Å². The molecule has 34 heavy (non-hydrogen) atoms. The number of anilines is 1. The maximum Gasteiger partial charge on any atom is 0.329 e. The van der Waals surface area contributed by atoms with Gasteiger partial charge in [0.2, 0.25) is 0 Å². The third-order valence-corrected chi connectivity index (χ3v) is 6.48. The summed E-state index contributed by atoms with van der Waals surface area (Å²) in [6.45, 7) is 2.35. The number of pyridine rings is 1. The Morgan fingerprint density at radius 3 is 2.68 bits per heavy atom. The fraction of sp³-hybridized carbons (Fsp3) is 0.160. The maximum atomic E-state index is 12.8. The van der Waals surface area contributed by atoms with Crippen molar-refractivity contribution in [2.75, 3.05) is 5.32 Å². The molecule has 0 unspecified atom stereocenters. The van der Waals surface area contributed by atoms with Crippen molar-refractivity contribution in [3.8, 4) is 0 Å². The predicted molar refractivity (Wildman–Crippen MR) is 134 cm³/mol. The van der Waals surface area contributed by atoms with E-state index in [2.05, 4.69) is 26.3 Å². The van der Waals surface area contributed by atoms with Gasteiger partial charge in [-0.15, -0.1) is 11.3 Å². The zero-order valence-corrected chi connectivity index (χ0v) is 19.2. The lowest BCUT2D eigenvalue weighted by Gasteiger charge is -2.09. The standard InChI is InChI=1S/C25H21N5O3S/c1-2-11-30-22-18(24(32)29-25(30)33)13-16(14-26-22)23(31)27-17-9-7-15(8-10-17)12-21-28-19-5-3-4-6-20(19)34-21/h3-10,13-14H,2,11-12H2,1H3,(H,27,31)(H,29,32,33). The van der Waals surface area contributed by atoms with Gasteiger partial charge >= 0.3 is 5.69 Å². The molecule has 0 fully saturated rings. The van der Waals surface area contributed by atoms with E-state index in [4.69, 9.17) is 0 Å². The monoisotopic (exact) mass is 471 g/mol. The molecule has 0 atom stereocenters. The number of aromatic nitrogens is 4. The minimum Gasteiger partial charge on any atom is -0.322 e. The molecule has 0 saturated heterocycles. The van der Waals surface area contributed by atoms with Crippen molar-refractivity contribution >= 4 is 44.2 Å². The van der Waals surface area contributed by atoms with Crippen molar-refractivity contribution in [1.82, 2.24) is 19.5 Å². The number of benzene rings is 2. The normalized spacial score (nSPS) is 11.2. The van der Waals surface area contributed by atoms with Gasteiger partial charge < -0.3 is 5.32 Å². The fourth-order valence-electron chi connectivity index (χ4n) is 3.80. The second-order valence-corrected chi connectivity index (χ2v) is 9.02. The smallest absolute Gasteiger partial charge is 0.322 e. The van der Waals surface area contributed by atoms with Crippen LogP contribution < -0.4 is 16.6 Å². The molecule has 0 spiro atoms. The third-order valence-electron chi connectivity index (χ3n) is 5.45. The van der Waals surface area contributed by atoms with Crippen LogP contribution in [0.5, 0.6) is 0 Å². The molecule has 5 rings (SSSR count). The first-order chi connectivity index (χ1) is 16.5. The SMILES string of the molecule is CCCn1c(=O)[nH]c(=O)c2cc(C(=O)Nc3ccc(Cc4nc5ccccc5s4)cc3)cnc21. The molecule has 0 aliphatic carbocycles. The third kappa shape index (κ3) is 4.25. The van der Waals surface area contributed by atoms with Gasteiger partial charge in [-0.2, -0.15) is 0 Å². The molecule has 8 nitrogen and oxygen atoms in total. The van der Waals surface area contributed by atoms with Crippen LogP contribution in [0, 0.1) is 0 Å². The number of rotatable bonds is 6.